The molecule has 0 aliphatic rings. The molecule has 0 aliphatic carbocycles. The molecule has 0 radical (unpaired) electrons. The Kier molecular flexibility index (Phi) is 5.44. The van der Waals surface area contributed by atoms with Gasteiger partial charge in [-0.3, -0.25) is 10.1 Å². The van der Waals surface area contributed by atoms with E-state index in [1.165, 1.54) is 12.1 Å². The molecule has 1 atom stereocenters. The largest absolute Gasteiger partial charge is 0.351 e. The summed E-state index contributed by atoms with van der Waals surface area (Å²) in [5, 5.41) is 4.99. The number of carbonyl (C=O) groups excluding carboxylic acids is 2. The van der Waals surface area contributed by atoms with Crippen LogP contribution in [0.15, 0.2) is 24.3 Å². The summed E-state index contributed by atoms with van der Waals surface area (Å²) in [6, 6.07) is 5.08. The van der Waals surface area contributed by atoms with Crippen molar-refractivity contribution >= 4 is 11.9 Å². The van der Waals surface area contributed by atoms with Crippen LogP contribution >= 0.6 is 0 Å². The maximum absolute atomic E-state index is 12.9. The minimum Gasteiger partial charge on any atom is -0.351 e. The van der Waals surface area contributed by atoms with Crippen molar-refractivity contribution in [3.05, 3.63) is 35.6 Å². The van der Waals surface area contributed by atoms with Gasteiger partial charge in [0.1, 0.15) is 5.82 Å². The molecule has 0 heterocycles. The third kappa shape index (κ3) is 5.05. The quantitative estimate of drug-likeness (QED) is 0.752. The van der Waals surface area contributed by atoms with Crippen LogP contribution in [0.2, 0.25) is 0 Å². The van der Waals surface area contributed by atoms with Crippen LogP contribution in [-0.2, 0) is 4.79 Å². The molecule has 4 N–H and O–H groups in total. The Morgan fingerprint density at radius 1 is 1.26 bits per heavy atom. The van der Waals surface area contributed by atoms with Crippen molar-refractivity contribution in [2.45, 2.75) is 19.9 Å². The van der Waals surface area contributed by atoms with Crippen LogP contribution in [0.5, 0.6) is 0 Å². The molecule has 0 saturated heterocycles. The molecular formula is C13H18FN3O2. The second kappa shape index (κ2) is 6.84. The van der Waals surface area contributed by atoms with Gasteiger partial charge in [0.05, 0.1) is 6.54 Å². The molecule has 104 valence electrons. The van der Waals surface area contributed by atoms with Crippen molar-refractivity contribution in [1.82, 2.24) is 10.6 Å². The molecular weight excluding hydrogens is 249 g/mol. The van der Waals surface area contributed by atoms with Gasteiger partial charge in [0.25, 0.3) is 0 Å². The Hall–Kier alpha value is -1.95. The van der Waals surface area contributed by atoms with Crippen molar-refractivity contribution < 1.29 is 14.0 Å². The highest BCUT2D eigenvalue weighted by molar-refractivity contribution is 5.94. The molecule has 0 bridgehead atoms. The van der Waals surface area contributed by atoms with Crippen LogP contribution < -0.4 is 16.4 Å². The molecule has 6 heteroatoms. The number of hydrogen-bond acceptors (Lipinski definition) is 3. The van der Waals surface area contributed by atoms with Crippen molar-refractivity contribution in [1.29, 1.82) is 0 Å². The Bertz CT molecular complexity index is 446. The average Bonchev–Trinajstić information content (AvgIpc) is 2.30. The summed E-state index contributed by atoms with van der Waals surface area (Å²) in [5.74, 6) is -0.607. The summed E-state index contributed by atoms with van der Waals surface area (Å²) >= 11 is 0. The average molecular weight is 267 g/mol. The molecule has 1 aromatic rings. The first-order chi connectivity index (χ1) is 8.90. The van der Waals surface area contributed by atoms with E-state index >= 15 is 0 Å². The molecule has 0 aromatic heterocycles. The highest BCUT2D eigenvalue weighted by atomic mass is 19.1. The third-order valence-corrected chi connectivity index (χ3v) is 2.64. The Labute approximate surface area is 111 Å². The van der Waals surface area contributed by atoms with E-state index in [1.54, 1.807) is 12.1 Å². The highest BCUT2D eigenvalue weighted by Gasteiger charge is 2.16. The molecule has 1 aromatic carbocycles. The standard InChI is InChI=1S/C13H18FN3O2/c1-8(2)12(9-3-5-10(14)6-4-9)16-7-11(18)17-13(15)19/h3-6,8,12,16H,7H2,1-2H3,(H3,15,17,18,19)/t12-/m0/s1. The first-order valence-corrected chi connectivity index (χ1v) is 5.98. The van der Waals surface area contributed by atoms with Gasteiger partial charge in [-0.25, -0.2) is 9.18 Å². The lowest BCUT2D eigenvalue weighted by atomic mass is 9.96. The van der Waals surface area contributed by atoms with Gasteiger partial charge in [-0.05, 0) is 23.6 Å². The molecule has 1 rings (SSSR count). The zero-order chi connectivity index (χ0) is 14.4. The predicted molar refractivity (Wildman–Crippen MR) is 69.7 cm³/mol. The normalized spacial score (nSPS) is 12.2. The van der Waals surface area contributed by atoms with E-state index in [1.807, 2.05) is 19.2 Å². The van der Waals surface area contributed by atoms with Crippen molar-refractivity contribution in [3.8, 4) is 0 Å². The number of primary amides is 1. The Morgan fingerprint density at radius 2 is 1.84 bits per heavy atom. The number of imide groups is 1. The molecule has 0 aliphatic heterocycles. The zero-order valence-corrected chi connectivity index (χ0v) is 10.9. The second-order valence-electron chi connectivity index (χ2n) is 4.57. The lowest BCUT2D eigenvalue weighted by molar-refractivity contribution is -0.119. The van der Waals surface area contributed by atoms with Gasteiger partial charge >= 0.3 is 6.03 Å². The van der Waals surface area contributed by atoms with Gasteiger partial charge < -0.3 is 11.1 Å². The van der Waals surface area contributed by atoms with Crippen LogP contribution in [-0.4, -0.2) is 18.5 Å². The summed E-state index contributed by atoms with van der Waals surface area (Å²) in [7, 11) is 0. The smallest absolute Gasteiger partial charge is 0.318 e. The molecule has 0 unspecified atom stereocenters. The SMILES string of the molecule is CC(C)[C@H](NCC(=O)NC(N)=O)c1ccc(F)cc1. The maximum atomic E-state index is 12.9. The molecule has 0 saturated carbocycles. The van der Waals surface area contributed by atoms with E-state index in [4.69, 9.17) is 5.73 Å². The van der Waals surface area contributed by atoms with Gasteiger partial charge in [-0.2, -0.15) is 0 Å². The number of rotatable bonds is 5. The molecule has 3 amide bonds. The fourth-order valence-corrected chi connectivity index (χ4v) is 1.79. The third-order valence-electron chi connectivity index (χ3n) is 2.64. The summed E-state index contributed by atoms with van der Waals surface area (Å²) in [5.41, 5.74) is 5.73. The van der Waals surface area contributed by atoms with Crippen LogP contribution in [0.1, 0.15) is 25.5 Å². The van der Waals surface area contributed by atoms with E-state index in [2.05, 4.69) is 5.32 Å². The lowest BCUT2D eigenvalue weighted by Gasteiger charge is -2.22. The summed E-state index contributed by atoms with van der Waals surface area (Å²) in [6.07, 6.45) is 0. The van der Waals surface area contributed by atoms with E-state index in [9.17, 15) is 14.0 Å². The highest BCUT2D eigenvalue weighted by Crippen LogP contribution is 2.21. The minimum absolute atomic E-state index is 0.0385. The summed E-state index contributed by atoms with van der Waals surface area (Å²) in [4.78, 5) is 21.8. The number of urea groups is 1. The zero-order valence-electron chi connectivity index (χ0n) is 10.9. The van der Waals surface area contributed by atoms with Crippen LogP contribution in [0.4, 0.5) is 9.18 Å². The monoisotopic (exact) mass is 267 g/mol. The first kappa shape index (κ1) is 15.1. The molecule has 0 spiro atoms. The summed E-state index contributed by atoms with van der Waals surface area (Å²) in [6.45, 7) is 3.92. The van der Waals surface area contributed by atoms with Gasteiger partial charge in [0, 0.05) is 6.04 Å². The van der Waals surface area contributed by atoms with Crippen molar-refractivity contribution in [2.24, 2.45) is 11.7 Å². The van der Waals surface area contributed by atoms with Crippen molar-refractivity contribution in [2.75, 3.05) is 6.54 Å². The fraction of sp³-hybridized carbons (Fsp3) is 0.385. The maximum Gasteiger partial charge on any atom is 0.318 e. The number of nitrogens with two attached hydrogens (primary N) is 1. The number of amides is 3. The topological polar surface area (TPSA) is 84.2 Å². The van der Waals surface area contributed by atoms with E-state index in [0.29, 0.717) is 0 Å². The van der Waals surface area contributed by atoms with Gasteiger partial charge in [-0.1, -0.05) is 26.0 Å². The fourth-order valence-electron chi connectivity index (χ4n) is 1.79. The van der Waals surface area contributed by atoms with E-state index in [0.717, 1.165) is 5.56 Å². The number of nitrogens with one attached hydrogen (secondary N) is 2. The van der Waals surface area contributed by atoms with Gasteiger partial charge in [0.15, 0.2) is 0 Å². The number of hydrogen-bond donors (Lipinski definition) is 3. The van der Waals surface area contributed by atoms with E-state index < -0.39 is 11.9 Å². The first-order valence-electron chi connectivity index (χ1n) is 5.98. The Morgan fingerprint density at radius 3 is 2.32 bits per heavy atom. The predicted octanol–water partition coefficient (Wildman–Crippen LogP) is 1.31. The van der Waals surface area contributed by atoms with Crippen LogP contribution in [0, 0.1) is 11.7 Å². The van der Waals surface area contributed by atoms with Crippen LogP contribution in [0.3, 0.4) is 0 Å². The number of benzene rings is 1. The van der Waals surface area contributed by atoms with Crippen LogP contribution in [0.25, 0.3) is 0 Å². The minimum atomic E-state index is -0.880. The Balaban J connectivity index is 2.66. The molecule has 0 fully saturated rings. The van der Waals surface area contributed by atoms with Gasteiger partial charge in [0.2, 0.25) is 5.91 Å². The lowest BCUT2D eigenvalue weighted by Crippen LogP contribution is -2.42. The number of halogens is 1. The second-order valence-corrected chi connectivity index (χ2v) is 4.57. The van der Waals surface area contributed by atoms with Gasteiger partial charge in [-0.15, -0.1) is 0 Å². The van der Waals surface area contributed by atoms with E-state index in [-0.39, 0.29) is 24.3 Å². The van der Waals surface area contributed by atoms with Crippen molar-refractivity contribution in [3.63, 3.8) is 0 Å². The molecule has 19 heavy (non-hydrogen) atoms. The number of carbonyl (C=O) groups is 2. The molecule has 5 nitrogen and oxygen atoms in total. The summed E-state index contributed by atoms with van der Waals surface area (Å²) < 4.78 is 12.9.